The van der Waals surface area contributed by atoms with Crippen LogP contribution in [0.1, 0.15) is 258 Å². The van der Waals surface area contributed by atoms with E-state index in [0.717, 1.165) is 89.9 Å². The summed E-state index contributed by atoms with van der Waals surface area (Å²) in [6.45, 7) is 6.95. The van der Waals surface area contributed by atoms with Gasteiger partial charge < -0.3 is 19.4 Å². The third kappa shape index (κ3) is 50.6. The Kier molecular flexibility index (Phi) is 48.6. The fourth-order valence-corrected chi connectivity index (χ4v) is 8.85. The molecule has 0 saturated heterocycles. The third-order valence-electron chi connectivity index (χ3n) is 12.7. The lowest BCUT2D eigenvalue weighted by Gasteiger charge is -2.27. The number of ether oxygens (including phenoxy) is 1. The predicted molar refractivity (Wildman–Crippen MR) is 300 cm³/mol. The zero-order valence-electron chi connectivity index (χ0n) is 46.5. The van der Waals surface area contributed by atoms with Gasteiger partial charge in [0.05, 0.1) is 33.8 Å². The fourth-order valence-electron chi connectivity index (χ4n) is 8.12. The van der Waals surface area contributed by atoms with Gasteiger partial charge in [-0.25, -0.2) is 4.57 Å². The summed E-state index contributed by atoms with van der Waals surface area (Å²) >= 11 is 0. The van der Waals surface area contributed by atoms with Gasteiger partial charge in [-0.05, 0) is 96.0 Å². The highest BCUT2D eigenvalue weighted by molar-refractivity contribution is 7.47. The average Bonchev–Trinajstić information content (AvgIpc) is 3.32. The standard InChI is InChI=1S/C60H111N2O7P/c1-7-10-13-16-19-22-25-27-29-30-31-32-33-34-37-40-43-46-49-52-59(63)61-57(56-68-70(65,66)67-55-54-62(4,5)6)58(51-48-45-42-39-36-24-21-18-15-12-9-3)69-60(64)53-50-47-44-41-38-35-28-26-23-20-17-14-11-8-2/h19,22,27,29,31-32,35,38,48,51,57-58H,7-18,20-21,23-26,28,30,33-34,36-37,39-47,49-50,52-56H2,1-6H3,(H-,61,63,65,66)/p+1/b22-19-,29-27-,32-31-,38-35-,51-48-. The molecule has 0 fully saturated rings. The number of rotatable bonds is 52. The molecule has 0 rings (SSSR count). The molecule has 0 spiro atoms. The molecule has 0 aromatic rings. The molecule has 10 heteroatoms. The predicted octanol–water partition coefficient (Wildman–Crippen LogP) is 17.5. The summed E-state index contributed by atoms with van der Waals surface area (Å²) in [6, 6.07) is -0.861. The van der Waals surface area contributed by atoms with E-state index in [0.29, 0.717) is 23.9 Å². The Morgan fingerprint density at radius 2 is 0.871 bits per heavy atom. The molecule has 0 bridgehead atoms. The smallest absolute Gasteiger partial charge is 0.456 e. The molecule has 0 heterocycles. The normalized spacial score (nSPS) is 14.2. The molecular formula is C60H112N2O7P+. The minimum Gasteiger partial charge on any atom is -0.456 e. The maximum Gasteiger partial charge on any atom is 0.472 e. The van der Waals surface area contributed by atoms with Crippen molar-refractivity contribution in [1.82, 2.24) is 5.32 Å². The van der Waals surface area contributed by atoms with Crippen LogP contribution in [0.15, 0.2) is 60.8 Å². The van der Waals surface area contributed by atoms with Gasteiger partial charge in [0.15, 0.2) is 0 Å². The van der Waals surface area contributed by atoms with E-state index in [2.05, 4.69) is 74.7 Å². The van der Waals surface area contributed by atoms with Gasteiger partial charge in [0.25, 0.3) is 0 Å². The van der Waals surface area contributed by atoms with Crippen molar-refractivity contribution >= 4 is 19.7 Å². The van der Waals surface area contributed by atoms with E-state index < -0.39 is 20.0 Å². The van der Waals surface area contributed by atoms with Crippen LogP contribution in [0.4, 0.5) is 0 Å². The lowest BCUT2D eigenvalue weighted by molar-refractivity contribution is -0.870. The van der Waals surface area contributed by atoms with Crippen LogP contribution in [0, 0.1) is 0 Å². The van der Waals surface area contributed by atoms with E-state index in [1.165, 1.54) is 128 Å². The SMILES string of the molecule is CCCCC/C=C\C/C=C\C/C=C\CCCCCCCCC(=O)NC(COP(=O)(O)OCC[N+](C)(C)C)C(/C=C\CCCCCCCCCCC)OC(=O)CCCCC/C=C\CCCCCCCCC. The van der Waals surface area contributed by atoms with Gasteiger partial charge in [0, 0.05) is 12.8 Å². The number of carbonyl (C=O) groups excluding carboxylic acids is 2. The summed E-state index contributed by atoms with van der Waals surface area (Å²) < 4.78 is 30.6. The van der Waals surface area contributed by atoms with Crippen molar-refractivity contribution in [2.75, 3.05) is 40.9 Å². The summed E-state index contributed by atoms with van der Waals surface area (Å²) in [6.07, 6.45) is 62.1. The lowest BCUT2D eigenvalue weighted by atomic mass is 10.1. The second-order valence-electron chi connectivity index (χ2n) is 20.8. The zero-order chi connectivity index (χ0) is 51.5. The summed E-state index contributed by atoms with van der Waals surface area (Å²) in [7, 11) is 1.48. The van der Waals surface area contributed by atoms with Gasteiger partial charge in [-0.15, -0.1) is 0 Å². The first-order chi connectivity index (χ1) is 33.9. The van der Waals surface area contributed by atoms with E-state index in [1.54, 1.807) is 0 Å². The second-order valence-corrected chi connectivity index (χ2v) is 22.3. The molecule has 0 aliphatic rings. The molecule has 0 aromatic heterocycles. The van der Waals surface area contributed by atoms with E-state index in [-0.39, 0.29) is 31.5 Å². The maximum atomic E-state index is 13.5. The first-order valence-electron chi connectivity index (χ1n) is 29.1. The summed E-state index contributed by atoms with van der Waals surface area (Å²) in [5.41, 5.74) is 0. The third-order valence-corrected chi connectivity index (χ3v) is 13.7. The van der Waals surface area contributed by atoms with Crippen LogP contribution < -0.4 is 5.32 Å². The number of hydrogen-bond donors (Lipinski definition) is 2. The first kappa shape index (κ1) is 67.7. The molecule has 70 heavy (non-hydrogen) atoms. The molecule has 1 amide bonds. The molecule has 408 valence electrons. The largest absolute Gasteiger partial charge is 0.472 e. The number of unbranched alkanes of at least 4 members (excludes halogenated alkanes) is 28. The van der Waals surface area contributed by atoms with Crippen LogP contribution >= 0.6 is 7.82 Å². The Labute approximate surface area is 432 Å². The average molecular weight is 1000 g/mol. The van der Waals surface area contributed by atoms with Gasteiger partial charge in [0.2, 0.25) is 5.91 Å². The van der Waals surface area contributed by atoms with Crippen molar-refractivity contribution in [3.8, 4) is 0 Å². The van der Waals surface area contributed by atoms with Crippen molar-refractivity contribution in [2.24, 2.45) is 0 Å². The minimum absolute atomic E-state index is 0.0339. The molecule has 0 aliphatic carbocycles. The Morgan fingerprint density at radius 3 is 1.36 bits per heavy atom. The second kappa shape index (κ2) is 50.3. The Morgan fingerprint density at radius 1 is 0.500 bits per heavy atom. The monoisotopic (exact) mass is 1000 g/mol. The molecule has 3 unspecified atom stereocenters. The van der Waals surface area contributed by atoms with Gasteiger partial charge in [0.1, 0.15) is 19.3 Å². The topological polar surface area (TPSA) is 111 Å². The molecule has 0 aliphatic heterocycles. The number of likely N-dealkylation sites (N-methyl/N-ethyl adjacent to an activating group) is 1. The van der Waals surface area contributed by atoms with Gasteiger partial charge >= 0.3 is 13.8 Å². The lowest BCUT2D eigenvalue weighted by Crippen LogP contribution is -2.47. The van der Waals surface area contributed by atoms with Crippen LogP contribution in [0.3, 0.4) is 0 Å². The number of phosphoric ester groups is 1. The van der Waals surface area contributed by atoms with E-state index >= 15 is 0 Å². The van der Waals surface area contributed by atoms with E-state index in [1.807, 2.05) is 33.3 Å². The van der Waals surface area contributed by atoms with Crippen molar-refractivity contribution in [2.45, 2.75) is 270 Å². The molecule has 2 N–H and O–H groups in total. The minimum atomic E-state index is -4.45. The first-order valence-corrected chi connectivity index (χ1v) is 30.6. The van der Waals surface area contributed by atoms with Crippen LogP contribution in [0.5, 0.6) is 0 Å². The number of amides is 1. The van der Waals surface area contributed by atoms with Crippen molar-refractivity contribution in [3.05, 3.63) is 60.8 Å². The van der Waals surface area contributed by atoms with E-state index in [4.69, 9.17) is 13.8 Å². The summed E-state index contributed by atoms with van der Waals surface area (Å²) in [5, 5.41) is 3.04. The number of hydrogen-bond acceptors (Lipinski definition) is 6. The van der Waals surface area contributed by atoms with Crippen LogP contribution in [0.2, 0.25) is 0 Å². The molecule has 0 aromatic carbocycles. The fraction of sp³-hybridized carbons (Fsp3) is 0.800. The highest BCUT2D eigenvalue weighted by Crippen LogP contribution is 2.43. The zero-order valence-corrected chi connectivity index (χ0v) is 47.4. The number of allylic oxidation sites excluding steroid dienone is 9. The van der Waals surface area contributed by atoms with Crippen molar-refractivity contribution in [3.63, 3.8) is 0 Å². The highest BCUT2D eigenvalue weighted by Gasteiger charge is 2.30. The summed E-state index contributed by atoms with van der Waals surface area (Å²) in [5.74, 6) is -0.537. The number of nitrogens with zero attached hydrogens (tertiary/aromatic N) is 1. The molecule has 9 nitrogen and oxygen atoms in total. The van der Waals surface area contributed by atoms with E-state index in [9.17, 15) is 19.0 Å². The summed E-state index contributed by atoms with van der Waals surface area (Å²) in [4.78, 5) is 37.6. The Hall–Kier alpha value is -2.29. The molecule has 0 saturated carbocycles. The number of phosphoric acid groups is 1. The molecule has 3 atom stereocenters. The van der Waals surface area contributed by atoms with Gasteiger partial charge in [-0.1, -0.05) is 210 Å². The molecular weight excluding hydrogens is 892 g/mol. The van der Waals surface area contributed by atoms with Crippen LogP contribution in [-0.2, 0) is 27.9 Å². The highest BCUT2D eigenvalue weighted by atomic mass is 31.2. The van der Waals surface area contributed by atoms with Gasteiger partial charge in [-0.2, -0.15) is 0 Å². The number of quaternary nitrogens is 1. The quantitative estimate of drug-likeness (QED) is 0.0205. The van der Waals surface area contributed by atoms with Crippen molar-refractivity contribution < 1.29 is 37.3 Å². The Bertz CT molecular complexity index is 1390. The maximum absolute atomic E-state index is 13.5. The number of carbonyl (C=O) groups is 2. The number of esters is 1. The Balaban J connectivity index is 5.33. The molecule has 0 radical (unpaired) electrons. The van der Waals surface area contributed by atoms with Crippen LogP contribution in [0.25, 0.3) is 0 Å². The van der Waals surface area contributed by atoms with Gasteiger partial charge in [-0.3, -0.25) is 18.6 Å². The number of nitrogens with one attached hydrogen (secondary N) is 1. The van der Waals surface area contributed by atoms with Crippen molar-refractivity contribution in [1.29, 1.82) is 0 Å². The van der Waals surface area contributed by atoms with Crippen LogP contribution in [-0.4, -0.2) is 74.3 Å².